The molecule has 6 nitrogen and oxygen atoms in total. The highest BCUT2D eigenvalue weighted by atomic mass is 32.2. The van der Waals surface area contributed by atoms with Gasteiger partial charge in [0.05, 0.1) is 17.5 Å². The first-order chi connectivity index (χ1) is 12.4. The zero-order valence-electron chi connectivity index (χ0n) is 14.7. The van der Waals surface area contributed by atoms with Crippen LogP contribution < -0.4 is 11.1 Å². The fraction of sp³-hybridized carbons (Fsp3) is 0.412. The lowest BCUT2D eigenvalue weighted by Crippen LogP contribution is -2.30. The summed E-state index contributed by atoms with van der Waals surface area (Å²) in [4.78, 5) is 23.2. The molecule has 9 heteroatoms. The van der Waals surface area contributed by atoms with E-state index in [4.69, 9.17) is 5.73 Å². The summed E-state index contributed by atoms with van der Waals surface area (Å²) in [7, 11) is 0. The molecule has 1 atom stereocenters. The molecule has 0 saturated carbocycles. The number of thioether (sulfide) groups is 2. The van der Waals surface area contributed by atoms with Crippen LogP contribution in [0.4, 0.5) is 0 Å². The number of carbonyl (C=O) groups excluding carboxylic acids is 2. The number of hydrogen-bond donors (Lipinski definition) is 2. The summed E-state index contributed by atoms with van der Waals surface area (Å²) in [5.74, 6) is 0.493. The number of benzene rings is 1. The standard InChI is InChI=1S/C17H22N4O2S3/c1-11(2)8-13(12-6-4-3-5-7-12)19-15(23)10-25-17-21-20-16(26-17)24-9-14(18)22/h3-7,11,13H,8-10H2,1-2H3,(H2,18,22)(H,19,23). The quantitative estimate of drug-likeness (QED) is 0.584. The zero-order valence-corrected chi connectivity index (χ0v) is 17.1. The van der Waals surface area contributed by atoms with E-state index >= 15 is 0 Å². The van der Waals surface area contributed by atoms with Gasteiger partial charge < -0.3 is 11.1 Å². The molecule has 140 valence electrons. The fourth-order valence-electron chi connectivity index (χ4n) is 2.25. The van der Waals surface area contributed by atoms with E-state index in [0.29, 0.717) is 14.6 Å². The van der Waals surface area contributed by atoms with Crippen LogP contribution in [-0.4, -0.2) is 33.5 Å². The number of primary amides is 1. The highest BCUT2D eigenvalue weighted by Crippen LogP contribution is 2.29. The summed E-state index contributed by atoms with van der Waals surface area (Å²) in [6, 6.07) is 10.0. The average Bonchev–Trinajstić information content (AvgIpc) is 3.06. The van der Waals surface area contributed by atoms with Crippen LogP contribution in [0.25, 0.3) is 0 Å². The van der Waals surface area contributed by atoms with Crippen molar-refractivity contribution in [2.45, 2.75) is 35.0 Å². The van der Waals surface area contributed by atoms with Crippen LogP contribution >= 0.6 is 34.9 Å². The monoisotopic (exact) mass is 410 g/mol. The first-order valence-corrected chi connectivity index (χ1v) is 10.9. The highest BCUT2D eigenvalue weighted by molar-refractivity contribution is 8.03. The molecule has 0 bridgehead atoms. The molecule has 26 heavy (non-hydrogen) atoms. The Bertz CT molecular complexity index is 722. The van der Waals surface area contributed by atoms with Gasteiger partial charge in [-0.3, -0.25) is 9.59 Å². The predicted molar refractivity (Wildman–Crippen MR) is 107 cm³/mol. The molecule has 0 aliphatic heterocycles. The molecule has 0 spiro atoms. The van der Waals surface area contributed by atoms with Crippen molar-refractivity contribution in [2.24, 2.45) is 11.7 Å². The average molecular weight is 411 g/mol. The minimum Gasteiger partial charge on any atom is -0.369 e. The van der Waals surface area contributed by atoms with E-state index in [1.54, 1.807) is 0 Å². The number of carbonyl (C=O) groups is 2. The van der Waals surface area contributed by atoms with E-state index in [1.165, 1.54) is 34.9 Å². The highest BCUT2D eigenvalue weighted by Gasteiger charge is 2.17. The Balaban J connectivity index is 1.87. The topological polar surface area (TPSA) is 98.0 Å². The van der Waals surface area contributed by atoms with Crippen LogP contribution in [0, 0.1) is 5.92 Å². The Kier molecular flexibility index (Phi) is 8.40. The van der Waals surface area contributed by atoms with Crippen molar-refractivity contribution in [2.75, 3.05) is 11.5 Å². The molecular formula is C17H22N4O2S3. The lowest BCUT2D eigenvalue weighted by molar-refractivity contribution is -0.119. The van der Waals surface area contributed by atoms with Crippen molar-refractivity contribution in [3.05, 3.63) is 35.9 Å². The number of aromatic nitrogens is 2. The molecule has 3 N–H and O–H groups in total. The van der Waals surface area contributed by atoms with Gasteiger partial charge in [0.2, 0.25) is 11.8 Å². The summed E-state index contributed by atoms with van der Waals surface area (Å²) in [6.45, 7) is 4.28. The Hall–Kier alpha value is -1.58. The third-order valence-electron chi connectivity index (χ3n) is 3.30. The van der Waals surface area contributed by atoms with E-state index in [1.807, 2.05) is 30.3 Å². The van der Waals surface area contributed by atoms with Crippen molar-refractivity contribution < 1.29 is 9.59 Å². The van der Waals surface area contributed by atoms with E-state index in [-0.39, 0.29) is 23.5 Å². The van der Waals surface area contributed by atoms with E-state index in [0.717, 1.165) is 12.0 Å². The lowest BCUT2D eigenvalue weighted by atomic mass is 9.97. The van der Waals surface area contributed by atoms with Crippen molar-refractivity contribution >= 4 is 46.7 Å². The maximum Gasteiger partial charge on any atom is 0.230 e. The molecule has 1 aromatic heterocycles. The third kappa shape index (κ3) is 7.35. The van der Waals surface area contributed by atoms with Gasteiger partial charge in [-0.05, 0) is 17.9 Å². The first-order valence-electron chi connectivity index (χ1n) is 8.15. The van der Waals surface area contributed by atoms with Gasteiger partial charge in [0.25, 0.3) is 0 Å². The van der Waals surface area contributed by atoms with Gasteiger partial charge in [-0.2, -0.15) is 0 Å². The molecule has 0 saturated heterocycles. The van der Waals surface area contributed by atoms with E-state index in [9.17, 15) is 9.59 Å². The van der Waals surface area contributed by atoms with Crippen LogP contribution in [0.5, 0.6) is 0 Å². The van der Waals surface area contributed by atoms with Crippen molar-refractivity contribution in [3.8, 4) is 0 Å². The van der Waals surface area contributed by atoms with Gasteiger partial charge in [0.1, 0.15) is 0 Å². The number of nitrogens with one attached hydrogen (secondary N) is 1. The Morgan fingerprint density at radius 2 is 1.73 bits per heavy atom. The maximum atomic E-state index is 12.4. The number of rotatable bonds is 10. The molecule has 1 unspecified atom stereocenters. The molecule has 0 radical (unpaired) electrons. The van der Waals surface area contributed by atoms with Crippen LogP contribution in [0.15, 0.2) is 39.0 Å². The summed E-state index contributed by atoms with van der Waals surface area (Å²) in [5.41, 5.74) is 6.22. The van der Waals surface area contributed by atoms with Crippen LogP contribution in [0.1, 0.15) is 31.9 Å². The van der Waals surface area contributed by atoms with Gasteiger partial charge in [-0.1, -0.05) is 79.0 Å². The van der Waals surface area contributed by atoms with Crippen LogP contribution in [-0.2, 0) is 9.59 Å². The largest absolute Gasteiger partial charge is 0.369 e. The van der Waals surface area contributed by atoms with Crippen LogP contribution in [0.3, 0.4) is 0 Å². The number of nitrogens with two attached hydrogens (primary N) is 1. The molecule has 2 rings (SSSR count). The predicted octanol–water partition coefficient (Wildman–Crippen LogP) is 3.11. The molecule has 1 heterocycles. The summed E-state index contributed by atoms with van der Waals surface area (Å²) in [5, 5.41) is 11.1. The second kappa shape index (κ2) is 10.5. The molecule has 1 aromatic carbocycles. The normalized spacial score (nSPS) is 12.1. The molecule has 0 aliphatic rings. The van der Waals surface area contributed by atoms with E-state index in [2.05, 4.69) is 29.4 Å². The summed E-state index contributed by atoms with van der Waals surface area (Å²) < 4.78 is 1.38. The van der Waals surface area contributed by atoms with Gasteiger partial charge >= 0.3 is 0 Å². The first kappa shape index (κ1) is 20.7. The van der Waals surface area contributed by atoms with E-state index < -0.39 is 5.91 Å². The van der Waals surface area contributed by atoms with Gasteiger partial charge in [-0.15, -0.1) is 10.2 Å². The molecule has 2 aromatic rings. The van der Waals surface area contributed by atoms with Crippen molar-refractivity contribution in [1.29, 1.82) is 0 Å². The maximum absolute atomic E-state index is 12.4. The number of nitrogens with zero attached hydrogens (tertiary/aromatic N) is 2. The van der Waals surface area contributed by atoms with Crippen molar-refractivity contribution in [3.63, 3.8) is 0 Å². The second-order valence-electron chi connectivity index (χ2n) is 6.04. The van der Waals surface area contributed by atoms with Gasteiger partial charge in [-0.25, -0.2) is 0 Å². The minimum atomic E-state index is -0.393. The summed E-state index contributed by atoms with van der Waals surface area (Å²) in [6.07, 6.45) is 0.882. The smallest absolute Gasteiger partial charge is 0.230 e. The Labute approximate surface area is 165 Å². The zero-order chi connectivity index (χ0) is 18.9. The van der Waals surface area contributed by atoms with Crippen molar-refractivity contribution in [1.82, 2.24) is 15.5 Å². The SMILES string of the molecule is CC(C)CC(NC(=O)CSc1nnc(SCC(N)=O)s1)c1ccccc1. The summed E-state index contributed by atoms with van der Waals surface area (Å²) >= 11 is 3.96. The van der Waals surface area contributed by atoms with Gasteiger partial charge in [0, 0.05) is 0 Å². The molecule has 0 fully saturated rings. The number of amides is 2. The molecule has 0 aliphatic carbocycles. The molecule has 2 amide bonds. The minimum absolute atomic E-state index is 0.000373. The van der Waals surface area contributed by atoms with Crippen LogP contribution in [0.2, 0.25) is 0 Å². The number of hydrogen-bond acceptors (Lipinski definition) is 7. The Morgan fingerprint density at radius 3 is 2.31 bits per heavy atom. The second-order valence-corrected chi connectivity index (χ2v) is 9.46. The van der Waals surface area contributed by atoms with Gasteiger partial charge in [0.15, 0.2) is 8.68 Å². The lowest BCUT2D eigenvalue weighted by Gasteiger charge is -2.21. The Morgan fingerprint density at radius 1 is 1.12 bits per heavy atom. The molecular weight excluding hydrogens is 388 g/mol. The third-order valence-corrected chi connectivity index (χ3v) is 6.51. The fourth-order valence-corrected chi connectivity index (χ4v) is 4.82.